The number of anilines is 1. The molecule has 4 heteroatoms. The van der Waals surface area contributed by atoms with Gasteiger partial charge in [-0.3, -0.25) is 0 Å². The lowest BCUT2D eigenvalue weighted by molar-refractivity contribution is 0.333. The summed E-state index contributed by atoms with van der Waals surface area (Å²) in [7, 11) is 0. The van der Waals surface area contributed by atoms with Gasteiger partial charge >= 0.3 is 0 Å². The van der Waals surface area contributed by atoms with Gasteiger partial charge in [0.2, 0.25) is 5.95 Å². The molecular weight excluding hydrogens is 212 g/mol. The molecule has 0 spiro atoms. The monoisotopic (exact) mass is 236 g/mol. The summed E-state index contributed by atoms with van der Waals surface area (Å²) in [5, 5.41) is 3.38. The van der Waals surface area contributed by atoms with Crippen molar-refractivity contribution in [3.63, 3.8) is 0 Å². The number of hydrogen-bond acceptors (Lipinski definition) is 3. The van der Waals surface area contributed by atoms with E-state index < -0.39 is 0 Å². The van der Waals surface area contributed by atoms with E-state index in [0.29, 0.717) is 0 Å². The summed E-state index contributed by atoms with van der Waals surface area (Å²) in [4.78, 5) is 6.90. The van der Waals surface area contributed by atoms with Gasteiger partial charge in [-0.15, -0.1) is 0 Å². The van der Waals surface area contributed by atoms with Gasteiger partial charge in [0.05, 0.1) is 0 Å². The Morgan fingerprint density at radius 3 is 3.06 bits per heavy atom. The minimum absolute atomic E-state index is 0.784. The SMILES string of the molecule is CCCNc1nccn1CC1CCN(CC)C1. The van der Waals surface area contributed by atoms with Crippen molar-refractivity contribution in [2.75, 3.05) is 31.5 Å². The highest BCUT2D eigenvalue weighted by Gasteiger charge is 2.21. The molecule has 4 nitrogen and oxygen atoms in total. The molecule has 17 heavy (non-hydrogen) atoms. The van der Waals surface area contributed by atoms with Crippen LogP contribution in [0.5, 0.6) is 0 Å². The number of hydrogen-bond donors (Lipinski definition) is 1. The van der Waals surface area contributed by atoms with Gasteiger partial charge in [0.25, 0.3) is 0 Å². The average Bonchev–Trinajstić information content (AvgIpc) is 2.96. The van der Waals surface area contributed by atoms with Crippen LogP contribution in [0.1, 0.15) is 26.7 Å². The molecule has 1 saturated heterocycles. The Balaban J connectivity index is 1.88. The number of rotatable bonds is 6. The fourth-order valence-electron chi connectivity index (χ4n) is 2.49. The van der Waals surface area contributed by atoms with E-state index in [1.165, 1.54) is 26.1 Å². The van der Waals surface area contributed by atoms with E-state index in [1.807, 2.05) is 6.20 Å². The Labute approximate surface area is 104 Å². The van der Waals surface area contributed by atoms with E-state index in [-0.39, 0.29) is 0 Å². The van der Waals surface area contributed by atoms with Crippen LogP contribution in [0.25, 0.3) is 0 Å². The van der Waals surface area contributed by atoms with Crippen molar-refractivity contribution in [1.82, 2.24) is 14.5 Å². The van der Waals surface area contributed by atoms with Gasteiger partial charge in [-0.05, 0) is 31.8 Å². The predicted molar refractivity (Wildman–Crippen MR) is 71.2 cm³/mol. The molecule has 96 valence electrons. The maximum Gasteiger partial charge on any atom is 0.202 e. The molecule has 1 N–H and O–H groups in total. The van der Waals surface area contributed by atoms with Crippen LogP contribution in [-0.4, -0.2) is 40.6 Å². The lowest BCUT2D eigenvalue weighted by Crippen LogP contribution is -2.21. The normalized spacial score (nSPS) is 20.9. The van der Waals surface area contributed by atoms with E-state index in [2.05, 4.69) is 39.8 Å². The first-order valence-electron chi connectivity index (χ1n) is 6.80. The van der Waals surface area contributed by atoms with Crippen LogP contribution in [0.3, 0.4) is 0 Å². The highest BCUT2D eigenvalue weighted by atomic mass is 15.2. The van der Waals surface area contributed by atoms with Gasteiger partial charge in [0.15, 0.2) is 0 Å². The van der Waals surface area contributed by atoms with Crippen LogP contribution in [-0.2, 0) is 6.54 Å². The fourth-order valence-corrected chi connectivity index (χ4v) is 2.49. The Hall–Kier alpha value is -1.03. The molecule has 0 aromatic carbocycles. The number of likely N-dealkylation sites (tertiary alicyclic amines) is 1. The first-order valence-corrected chi connectivity index (χ1v) is 6.80. The maximum absolute atomic E-state index is 4.37. The number of aromatic nitrogens is 2. The standard InChI is InChI=1S/C13H24N4/c1-3-6-14-13-15-7-9-17(13)11-12-5-8-16(4-2)10-12/h7,9,12H,3-6,8,10-11H2,1-2H3,(H,14,15). The van der Waals surface area contributed by atoms with Gasteiger partial charge in [0, 0.05) is 32.0 Å². The van der Waals surface area contributed by atoms with Crippen molar-refractivity contribution in [3.05, 3.63) is 12.4 Å². The van der Waals surface area contributed by atoms with Crippen molar-refractivity contribution in [2.24, 2.45) is 5.92 Å². The zero-order valence-electron chi connectivity index (χ0n) is 11.0. The van der Waals surface area contributed by atoms with Crippen LogP contribution in [0, 0.1) is 5.92 Å². The van der Waals surface area contributed by atoms with E-state index >= 15 is 0 Å². The molecule has 1 unspecified atom stereocenters. The fraction of sp³-hybridized carbons (Fsp3) is 0.769. The first-order chi connectivity index (χ1) is 8.33. The van der Waals surface area contributed by atoms with E-state index in [1.54, 1.807) is 0 Å². The van der Waals surface area contributed by atoms with Crippen molar-refractivity contribution >= 4 is 5.95 Å². The molecule has 0 amide bonds. The second-order valence-electron chi connectivity index (χ2n) is 4.88. The summed E-state index contributed by atoms with van der Waals surface area (Å²) in [6, 6.07) is 0. The maximum atomic E-state index is 4.37. The molecular formula is C13H24N4. The highest BCUT2D eigenvalue weighted by Crippen LogP contribution is 2.19. The molecule has 2 rings (SSSR count). The zero-order chi connectivity index (χ0) is 12.1. The Kier molecular flexibility index (Phi) is 4.42. The van der Waals surface area contributed by atoms with Gasteiger partial charge in [0.1, 0.15) is 0 Å². The summed E-state index contributed by atoms with van der Waals surface area (Å²) in [5.41, 5.74) is 0. The van der Waals surface area contributed by atoms with Crippen molar-refractivity contribution < 1.29 is 0 Å². The molecule has 1 atom stereocenters. The van der Waals surface area contributed by atoms with Crippen molar-refractivity contribution in [3.8, 4) is 0 Å². The molecule has 0 radical (unpaired) electrons. The molecule has 0 saturated carbocycles. The Bertz CT molecular complexity index is 334. The Morgan fingerprint density at radius 2 is 2.35 bits per heavy atom. The molecule has 0 bridgehead atoms. The molecule has 2 heterocycles. The lowest BCUT2D eigenvalue weighted by Gasteiger charge is -2.15. The van der Waals surface area contributed by atoms with Crippen LogP contribution in [0.15, 0.2) is 12.4 Å². The minimum Gasteiger partial charge on any atom is -0.356 e. The van der Waals surface area contributed by atoms with Crippen molar-refractivity contribution in [1.29, 1.82) is 0 Å². The molecule has 1 aliphatic rings. The zero-order valence-corrected chi connectivity index (χ0v) is 11.0. The first kappa shape index (κ1) is 12.4. The van der Waals surface area contributed by atoms with E-state index in [0.717, 1.165) is 31.4 Å². The minimum atomic E-state index is 0.784. The summed E-state index contributed by atoms with van der Waals surface area (Å²) in [5.74, 6) is 1.81. The third-order valence-electron chi connectivity index (χ3n) is 3.52. The van der Waals surface area contributed by atoms with E-state index in [4.69, 9.17) is 0 Å². The second kappa shape index (κ2) is 6.05. The van der Waals surface area contributed by atoms with Crippen LogP contribution < -0.4 is 5.32 Å². The third-order valence-corrected chi connectivity index (χ3v) is 3.52. The Morgan fingerprint density at radius 1 is 1.47 bits per heavy atom. The molecule has 0 aliphatic carbocycles. The largest absolute Gasteiger partial charge is 0.356 e. The van der Waals surface area contributed by atoms with Crippen LogP contribution in [0.2, 0.25) is 0 Å². The molecule has 1 aliphatic heterocycles. The van der Waals surface area contributed by atoms with Gasteiger partial charge in [-0.25, -0.2) is 4.98 Å². The average molecular weight is 236 g/mol. The molecule has 1 aromatic heterocycles. The number of imidazole rings is 1. The topological polar surface area (TPSA) is 33.1 Å². The van der Waals surface area contributed by atoms with Crippen molar-refractivity contribution in [2.45, 2.75) is 33.2 Å². The molecule has 1 fully saturated rings. The number of nitrogens with one attached hydrogen (secondary N) is 1. The summed E-state index contributed by atoms with van der Waals surface area (Å²) in [6.45, 7) is 10.2. The third kappa shape index (κ3) is 3.22. The lowest BCUT2D eigenvalue weighted by atomic mass is 10.1. The smallest absolute Gasteiger partial charge is 0.202 e. The van der Waals surface area contributed by atoms with Crippen LogP contribution in [0.4, 0.5) is 5.95 Å². The summed E-state index contributed by atoms with van der Waals surface area (Å²) < 4.78 is 2.26. The summed E-state index contributed by atoms with van der Waals surface area (Å²) in [6.07, 6.45) is 6.44. The second-order valence-corrected chi connectivity index (χ2v) is 4.88. The highest BCUT2D eigenvalue weighted by molar-refractivity contribution is 5.25. The predicted octanol–water partition coefficient (Wildman–Crippen LogP) is 2.05. The number of nitrogens with zero attached hydrogens (tertiary/aromatic N) is 3. The quantitative estimate of drug-likeness (QED) is 0.820. The van der Waals surface area contributed by atoms with E-state index in [9.17, 15) is 0 Å². The van der Waals surface area contributed by atoms with Gasteiger partial charge in [-0.2, -0.15) is 0 Å². The van der Waals surface area contributed by atoms with Gasteiger partial charge in [-0.1, -0.05) is 13.8 Å². The summed E-state index contributed by atoms with van der Waals surface area (Å²) >= 11 is 0. The van der Waals surface area contributed by atoms with Gasteiger partial charge < -0.3 is 14.8 Å². The van der Waals surface area contributed by atoms with Crippen LogP contribution >= 0.6 is 0 Å². The molecule has 1 aromatic rings.